The number of nitrogens with one attached hydrogen (secondary N) is 1. The van der Waals surface area contributed by atoms with E-state index in [1.165, 1.54) is 4.88 Å². The van der Waals surface area contributed by atoms with Crippen molar-refractivity contribution in [1.82, 2.24) is 5.32 Å². The van der Waals surface area contributed by atoms with Gasteiger partial charge in [-0.25, -0.2) is 0 Å². The van der Waals surface area contributed by atoms with Crippen molar-refractivity contribution >= 4 is 38.9 Å². The van der Waals surface area contributed by atoms with Crippen LogP contribution in [-0.2, 0) is 4.74 Å². The summed E-state index contributed by atoms with van der Waals surface area (Å²) in [5.41, 5.74) is 0. The number of hydrogen-bond acceptors (Lipinski definition) is 3. The first-order valence-corrected chi connectivity index (χ1v) is 7.38. The van der Waals surface area contributed by atoms with Gasteiger partial charge in [-0.05, 0) is 48.8 Å². The fourth-order valence-corrected chi connectivity index (χ4v) is 4.01. The maximum absolute atomic E-state index is 6.07. The van der Waals surface area contributed by atoms with Gasteiger partial charge in [0, 0.05) is 9.35 Å². The molecule has 1 aromatic rings. The van der Waals surface area contributed by atoms with Crippen molar-refractivity contribution in [2.24, 2.45) is 0 Å². The normalized spacial score (nSPS) is 27.2. The smallest absolute Gasteiger partial charge is 0.107 e. The molecule has 0 spiro atoms. The van der Waals surface area contributed by atoms with Gasteiger partial charge >= 0.3 is 0 Å². The fourth-order valence-electron chi connectivity index (χ4n) is 2.11. The molecule has 2 nitrogen and oxygen atoms in total. The van der Waals surface area contributed by atoms with Crippen LogP contribution in [0.5, 0.6) is 0 Å². The van der Waals surface area contributed by atoms with Crippen molar-refractivity contribution in [3.05, 3.63) is 19.8 Å². The first-order chi connectivity index (χ1) is 7.61. The molecule has 0 saturated carbocycles. The van der Waals surface area contributed by atoms with E-state index in [0.717, 1.165) is 21.7 Å². The molecule has 1 aliphatic rings. The van der Waals surface area contributed by atoms with Crippen LogP contribution < -0.4 is 5.32 Å². The Labute approximate surface area is 113 Å². The lowest BCUT2D eigenvalue weighted by molar-refractivity contribution is 0.0340. The molecule has 1 saturated heterocycles. The van der Waals surface area contributed by atoms with Crippen LogP contribution in [0.15, 0.2) is 10.5 Å². The molecule has 0 aliphatic carbocycles. The van der Waals surface area contributed by atoms with Gasteiger partial charge in [-0.2, -0.15) is 0 Å². The van der Waals surface area contributed by atoms with E-state index in [-0.39, 0.29) is 12.1 Å². The predicted octanol–water partition coefficient (Wildman–Crippen LogP) is 3.99. The van der Waals surface area contributed by atoms with E-state index >= 15 is 0 Å². The summed E-state index contributed by atoms with van der Waals surface area (Å²) in [6.07, 6.45) is 2.89. The minimum Gasteiger partial charge on any atom is -0.373 e. The molecule has 0 bridgehead atoms. The Morgan fingerprint density at radius 1 is 1.62 bits per heavy atom. The van der Waals surface area contributed by atoms with E-state index in [9.17, 15) is 0 Å². The Morgan fingerprint density at radius 2 is 2.38 bits per heavy atom. The van der Waals surface area contributed by atoms with Crippen molar-refractivity contribution in [3.8, 4) is 0 Å². The molecule has 1 aromatic heterocycles. The van der Waals surface area contributed by atoms with E-state index < -0.39 is 0 Å². The highest BCUT2D eigenvalue weighted by molar-refractivity contribution is 9.10. The SMILES string of the molecule is CNC(c1cc(Br)c(Cl)s1)C1CCC(C)O1. The van der Waals surface area contributed by atoms with Gasteiger partial charge in [0.25, 0.3) is 0 Å². The van der Waals surface area contributed by atoms with Gasteiger partial charge in [0.15, 0.2) is 0 Å². The number of likely N-dealkylation sites (N-methyl/N-ethyl adjacent to an activating group) is 1. The van der Waals surface area contributed by atoms with Crippen LogP contribution in [0.25, 0.3) is 0 Å². The fraction of sp³-hybridized carbons (Fsp3) is 0.636. The summed E-state index contributed by atoms with van der Waals surface area (Å²) in [7, 11) is 1.97. The number of rotatable bonds is 3. The lowest BCUT2D eigenvalue weighted by atomic mass is 10.1. The highest BCUT2D eigenvalue weighted by atomic mass is 79.9. The second-order valence-corrected chi connectivity index (χ2v) is 6.64. The Balaban J connectivity index is 2.16. The van der Waals surface area contributed by atoms with Gasteiger partial charge in [-0.1, -0.05) is 11.6 Å². The zero-order valence-corrected chi connectivity index (χ0v) is 12.5. The van der Waals surface area contributed by atoms with Gasteiger partial charge in [0.2, 0.25) is 0 Å². The zero-order chi connectivity index (χ0) is 11.7. The molecule has 3 unspecified atom stereocenters. The number of ether oxygens (including phenoxy) is 1. The van der Waals surface area contributed by atoms with Crippen molar-refractivity contribution < 1.29 is 4.74 Å². The first kappa shape index (κ1) is 12.8. The summed E-state index contributed by atoms with van der Waals surface area (Å²) < 4.78 is 7.68. The quantitative estimate of drug-likeness (QED) is 0.907. The number of thiophene rings is 1. The molecule has 3 atom stereocenters. The van der Waals surface area contributed by atoms with E-state index in [0.29, 0.717) is 6.10 Å². The average molecular weight is 325 g/mol. The molecule has 0 amide bonds. The maximum Gasteiger partial charge on any atom is 0.107 e. The Hall–Kier alpha value is 0.390. The Bertz CT molecular complexity index is 351. The van der Waals surface area contributed by atoms with Crippen LogP contribution in [0.1, 0.15) is 30.7 Å². The summed E-state index contributed by atoms with van der Waals surface area (Å²) in [4.78, 5) is 1.23. The monoisotopic (exact) mass is 323 g/mol. The molecule has 5 heteroatoms. The third-order valence-corrected chi connectivity index (χ3v) is 5.48. The van der Waals surface area contributed by atoms with Gasteiger partial charge in [-0.15, -0.1) is 11.3 Å². The predicted molar refractivity (Wildman–Crippen MR) is 72.4 cm³/mol. The van der Waals surface area contributed by atoms with Crippen molar-refractivity contribution in [2.45, 2.75) is 38.0 Å². The highest BCUT2D eigenvalue weighted by Crippen LogP contribution is 2.39. The minimum atomic E-state index is 0.249. The molecule has 2 heterocycles. The van der Waals surface area contributed by atoms with E-state index in [1.54, 1.807) is 11.3 Å². The van der Waals surface area contributed by atoms with E-state index in [2.05, 4.69) is 34.2 Å². The van der Waals surface area contributed by atoms with Gasteiger partial charge in [0.05, 0.1) is 18.2 Å². The summed E-state index contributed by atoms with van der Waals surface area (Å²) >= 11 is 11.1. The van der Waals surface area contributed by atoms with Gasteiger partial charge in [-0.3, -0.25) is 0 Å². The maximum atomic E-state index is 6.07. The van der Waals surface area contributed by atoms with E-state index in [1.807, 2.05) is 7.05 Å². The minimum absolute atomic E-state index is 0.249. The summed E-state index contributed by atoms with van der Waals surface area (Å²) in [6.45, 7) is 2.13. The summed E-state index contributed by atoms with van der Waals surface area (Å²) in [5, 5.41) is 3.33. The van der Waals surface area contributed by atoms with E-state index in [4.69, 9.17) is 16.3 Å². The second kappa shape index (κ2) is 5.36. The molecule has 90 valence electrons. The molecule has 1 fully saturated rings. The third kappa shape index (κ3) is 2.62. The largest absolute Gasteiger partial charge is 0.373 e. The molecule has 1 N–H and O–H groups in total. The summed E-state index contributed by atoms with van der Waals surface area (Å²) in [5.74, 6) is 0. The number of hydrogen-bond donors (Lipinski definition) is 1. The van der Waals surface area contributed by atoms with Crippen LogP contribution in [0, 0.1) is 0 Å². The van der Waals surface area contributed by atoms with Crippen molar-refractivity contribution in [1.29, 1.82) is 0 Å². The van der Waals surface area contributed by atoms with Crippen molar-refractivity contribution in [3.63, 3.8) is 0 Å². The van der Waals surface area contributed by atoms with Crippen LogP contribution in [0.3, 0.4) is 0 Å². The lowest BCUT2D eigenvalue weighted by Crippen LogP contribution is -2.28. The lowest BCUT2D eigenvalue weighted by Gasteiger charge is -2.21. The van der Waals surface area contributed by atoms with Crippen LogP contribution in [-0.4, -0.2) is 19.3 Å². The number of halogens is 2. The second-order valence-electron chi connectivity index (χ2n) is 4.10. The molecule has 1 aliphatic heterocycles. The molecular weight excluding hydrogens is 310 g/mol. The Morgan fingerprint density at radius 3 is 2.81 bits per heavy atom. The molecule has 0 radical (unpaired) electrons. The standard InChI is InChI=1S/C11H15BrClNOS/c1-6-3-4-8(15-6)10(14-2)9-5-7(12)11(13)16-9/h5-6,8,10,14H,3-4H2,1-2H3. The Kier molecular flexibility index (Phi) is 4.30. The molecular formula is C11H15BrClNOS. The summed E-state index contributed by atoms with van der Waals surface area (Å²) in [6, 6.07) is 2.33. The van der Waals surface area contributed by atoms with Gasteiger partial charge < -0.3 is 10.1 Å². The third-order valence-electron chi connectivity index (χ3n) is 2.92. The molecule has 2 rings (SSSR count). The average Bonchev–Trinajstić information content (AvgIpc) is 2.77. The molecule has 16 heavy (non-hydrogen) atoms. The first-order valence-electron chi connectivity index (χ1n) is 5.39. The van der Waals surface area contributed by atoms with Crippen LogP contribution in [0.4, 0.5) is 0 Å². The van der Waals surface area contributed by atoms with Gasteiger partial charge in [0.1, 0.15) is 4.34 Å². The zero-order valence-electron chi connectivity index (χ0n) is 9.30. The molecule has 0 aromatic carbocycles. The van der Waals surface area contributed by atoms with Crippen molar-refractivity contribution in [2.75, 3.05) is 7.05 Å². The van der Waals surface area contributed by atoms with Crippen LogP contribution >= 0.6 is 38.9 Å². The highest BCUT2D eigenvalue weighted by Gasteiger charge is 2.31. The topological polar surface area (TPSA) is 21.3 Å². The van der Waals surface area contributed by atoms with Crippen LogP contribution in [0.2, 0.25) is 4.34 Å².